The fraction of sp³-hybridized carbons (Fsp3) is 1.00. The van der Waals surface area contributed by atoms with Crippen molar-refractivity contribution in [1.29, 1.82) is 0 Å². The topological polar surface area (TPSA) is 55.4 Å². The summed E-state index contributed by atoms with van der Waals surface area (Å²) in [6, 6.07) is 0. The van der Waals surface area contributed by atoms with Gasteiger partial charge in [-0.05, 0) is 25.8 Å². The summed E-state index contributed by atoms with van der Waals surface area (Å²) < 4.78 is 27.4. The minimum absolute atomic E-state index is 0.188. The van der Waals surface area contributed by atoms with Gasteiger partial charge in [-0.2, -0.15) is 0 Å². The Hall–Kier alpha value is -0.130. The van der Waals surface area contributed by atoms with Crippen LogP contribution >= 0.6 is 0 Å². The zero-order valence-electron chi connectivity index (χ0n) is 8.82. The van der Waals surface area contributed by atoms with Crippen molar-refractivity contribution < 1.29 is 13.2 Å². The van der Waals surface area contributed by atoms with Gasteiger partial charge in [-0.1, -0.05) is 0 Å². The van der Waals surface area contributed by atoms with Crippen LogP contribution in [0.3, 0.4) is 0 Å². The SMILES string of the molecule is COC(C)CNCC1CCS(=O)(=O)C1. The van der Waals surface area contributed by atoms with Crippen LogP contribution in [0.5, 0.6) is 0 Å². The van der Waals surface area contributed by atoms with Crippen LogP contribution in [0.2, 0.25) is 0 Å². The summed E-state index contributed by atoms with van der Waals surface area (Å²) in [4.78, 5) is 0. The predicted octanol–water partition coefficient (Wildman–Crippen LogP) is 0.0456. The van der Waals surface area contributed by atoms with E-state index in [0.717, 1.165) is 19.5 Å². The van der Waals surface area contributed by atoms with Crippen LogP contribution in [0.1, 0.15) is 13.3 Å². The van der Waals surface area contributed by atoms with Crippen molar-refractivity contribution in [2.24, 2.45) is 5.92 Å². The van der Waals surface area contributed by atoms with E-state index in [1.807, 2.05) is 6.92 Å². The summed E-state index contributed by atoms with van der Waals surface area (Å²) in [7, 11) is -1.05. The number of hydrogen-bond donors (Lipinski definition) is 1. The van der Waals surface area contributed by atoms with E-state index in [2.05, 4.69) is 5.32 Å². The number of methoxy groups -OCH3 is 1. The van der Waals surface area contributed by atoms with Gasteiger partial charge in [-0.3, -0.25) is 0 Å². The fourth-order valence-electron chi connectivity index (χ4n) is 1.61. The van der Waals surface area contributed by atoms with Gasteiger partial charge in [-0.15, -0.1) is 0 Å². The molecule has 2 unspecified atom stereocenters. The fourth-order valence-corrected chi connectivity index (χ4v) is 3.47. The highest BCUT2D eigenvalue weighted by molar-refractivity contribution is 7.91. The maximum atomic E-state index is 11.1. The average Bonchev–Trinajstić information content (AvgIpc) is 2.45. The van der Waals surface area contributed by atoms with Gasteiger partial charge in [0.25, 0.3) is 0 Å². The summed E-state index contributed by atoms with van der Waals surface area (Å²) in [5.41, 5.74) is 0. The molecule has 0 aromatic heterocycles. The largest absolute Gasteiger partial charge is 0.380 e. The van der Waals surface area contributed by atoms with Crippen molar-refractivity contribution in [3.63, 3.8) is 0 Å². The molecule has 5 heteroatoms. The van der Waals surface area contributed by atoms with Gasteiger partial charge in [0.2, 0.25) is 0 Å². The smallest absolute Gasteiger partial charge is 0.150 e. The monoisotopic (exact) mass is 221 g/mol. The molecule has 0 aromatic rings. The molecule has 2 atom stereocenters. The van der Waals surface area contributed by atoms with Gasteiger partial charge < -0.3 is 10.1 Å². The van der Waals surface area contributed by atoms with Crippen molar-refractivity contribution in [3.8, 4) is 0 Å². The van der Waals surface area contributed by atoms with E-state index in [1.54, 1.807) is 7.11 Å². The molecule has 1 aliphatic heterocycles. The van der Waals surface area contributed by atoms with Crippen LogP contribution in [-0.2, 0) is 14.6 Å². The third-order valence-corrected chi connectivity index (χ3v) is 4.43. The highest BCUT2D eigenvalue weighted by Crippen LogP contribution is 2.17. The van der Waals surface area contributed by atoms with Crippen LogP contribution in [0, 0.1) is 5.92 Å². The Bertz CT molecular complexity index is 263. The van der Waals surface area contributed by atoms with Crippen molar-refractivity contribution in [3.05, 3.63) is 0 Å². The molecule has 14 heavy (non-hydrogen) atoms. The average molecular weight is 221 g/mol. The molecule has 84 valence electrons. The molecule has 0 saturated carbocycles. The Kier molecular flexibility index (Phi) is 4.34. The molecule has 0 aliphatic carbocycles. The van der Waals surface area contributed by atoms with Crippen LogP contribution < -0.4 is 5.32 Å². The summed E-state index contributed by atoms with van der Waals surface area (Å²) >= 11 is 0. The quantitative estimate of drug-likeness (QED) is 0.712. The Morgan fingerprint density at radius 1 is 1.57 bits per heavy atom. The molecule has 1 saturated heterocycles. The molecular formula is C9H19NO3S. The lowest BCUT2D eigenvalue weighted by molar-refractivity contribution is 0.116. The lowest BCUT2D eigenvalue weighted by atomic mass is 10.1. The summed E-state index contributed by atoms with van der Waals surface area (Å²) in [6.45, 7) is 3.55. The minimum Gasteiger partial charge on any atom is -0.380 e. The highest BCUT2D eigenvalue weighted by atomic mass is 32.2. The van der Waals surface area contributed by atoms with E-state index >= 15 is 0 Å². The Morgan fingerprint density at radius 2 is 2.29 bits per heavy atom. The molecule has 0 spiro atoms. The Morgan fingerprint density at radius 3 is 2.79 bits per heavy atom. The molecule has 1 heterocycles. The molecule has 0 radical (unpaired) electrons. The lowest BCUT2D eigenvalue weighted by Gasteiger charge is -2.13. The number of ether oxygens (including phenoxy) is 1. The second-order valence-electron chi connectivity index (χ2n) is 3.97. The Labute approximate surface area is 85.9 Å². The molecule has 1 N–H and O–H groups in total. The van der Waals surface area contributed by atoms with Crippen LogP contribution in [0.15, 0.2) is 0 Å². The van der Waals surface area contributed by atoms with E-state index in [4.69, 9.17) is 4.74 Å². The zero-order chi connectivity index (χ0) is 10.6. The van der Waals surface area contributed by atoms with Gasteiger partial charge in [0.15, 0.2) is 9.84 Å². The van der Waals surface area contributed by atoms with Crippen LogP contribution in [-0.4, -0.2) is 46.2 Å². The van der Waals surface area contributed by atoms with Gasteiger partial charge in [0.1, 0.15) is 0 Å². The number of hydrogen-bond acceptors (Lipinski definition) is 4. The molecule has 0 amide bonds. The van der Waals surface area contributed by atoms with E-state index in [1.165, 1.54) is 0 Å². The first-order valence-electron chi connectivity index (χ1n) is 4.97. The summed E-state index contributed by atoms with van der Waals surface area (Å²) in [6.07, 6.45) is 0.990. The van der Waals surface area contributed by atoms with Gasteiger partial charge in [-0.25, -0.2) is 8.42 Å². The molecule has 1 rings (SSSR count). The first kappa shape index (κ1) is 11.9. The number of rotatable bonds is 5. The van der Waals surface area contributed by atoms with E-state index in [9.17, 15) is 8.42 Å². The molecule has 1 aliphatic rings. The second kappa shape index (κ2) is 5.09. The van der Waals surface area contributed by atoms with Gasteiger partial charge >= 0.3 is 0 Å². The predicted molar refractivity (Wildman–Crippen MR) is 56.1 cm³/mol. The number of nitrogens with one attached hydrogen (secondary N) is 1. The summed E-state index contributed by atoms with van der Waals surface area (Å²) in [5.74, 6) is 1.00. The third-order valence-electron chi connectivity index (χ3n) is 2.59. The minimum atomic E-state index is -2.72. The van der Waals surface area contributed by atoms with Crippen molar-refractivity contribution >= 4 is 9.84 Å². The normalized spacial score (nSPS) is 27.7. The van der Waals surface area contributed by atoms with Crippen molar-refractivity contribution in [1.82, 2.24) is 5.32 Å². The molecule has 4 nitrogen and oxygen atoms in total. The third kappa shape index (κ3) is 3.94. The first-order valence-corrected chi connectivity index (χ1v) is 6.79. The van der Waals surface area contributed by atoms with E-state index < -0.39 is 9.84 Å². The van der Waals surface area contributed by atoms with Crippen LogP contribution in [0.4, 0.5) is 0 Å². The van der Waals surface area contributed by atoms with Crippen molar-refractivity contribution in [2.75, 3.05) is 31.7 Å². The van der Waals surface area contributed by atoms with Gasteiger partial charge in [0.05, 0.1) is 17.6 Å². The standard InChI is InChI=1S/C9H19NO3S/c1-8(13-2)5-10-6-9-3-4-14(11,12)7-9/h8-10H,3-7H2,1-2H3. The Balaban J connectivity index is 2.15. The van der Waals surface area contributed by atoms with Crippen molar-refractivity contribution in [2.45, 2.75) is 19.4 Å². The first-order chi connectivity index (χ1) is 6.53. The second-order valence-corrected chi connectivity index (χ2v) is 6.20. The van der Waals surface area contributed by atoms with Crippen LogP contribution in [0.25, 0.3) is 0 Å². The maximum Gasteiger partial charge on any atom is 0.150 e. The van der Waals surface area contributed by atoms with Gasteiger partial charge in [0, 0.05) is 13.7 Å². The lowest BCUT2D eigenvalue weighted by Crippen LogP contribution is -2.30. The number of sulfone groups is 1. The summed E-state index contributed by atoms with van der Waals surface area (Å²) in [5, 5.41) is 3.23. The van der Waals surface area contributed by atoms with E-state index in [0.29, 0.717) is 17.4 Å². The molecule has 0 aromatic carbocycles. The zero-order valence-corrected chi connectivity index (χ0v) is 9.64. The van der Waals surface area contributed by atoms with E-state index in [-0.39, 0.29) is 6.10 Å². The molecular weight excluding hydrogens is 202 g/mol. The highest BCUT2D eigenvalue weighted by Gasteiger charge is 2.27. The molecule has 0 bridgehead atoms. The maximum absolute atomic E-state index is 11.1. The molecule has 1 fully saturated rings.